The minimum absolute atomic E-state index is 0. The summed E-state index contributed by atoms with van der Waals surface area (Å²) in [5.41, 5.74) is 1.21. The molecule has 0 fully saturated rings. The zero-order chi connectivity index (χ0) is 14.6. The molecule has 1 aromatic rings. The van der Waals surface area contributed by atoms with Crippen LogP contribution in [0.4, 0.5) is 0 Å². The first-order valence-electron chi connectivity index (χ1n) is 6.94. The van der Waals surface area contributed by atoms with Crippen molar-refractivity contribution in [1.29, 1.82) is 0 Å². The van der Waals surface area contributed by atoms with Gasteiger partial charge in [-0.05, 0) is 31.2 Å². The van der Waals surface area contributed by atoms with E-state index in [2.05, 4.69) is 34.9 Å². The molecule has 0 aliphatic rings. The fourth-order valence-corrected chi connectivity index (χ4v) is 2.09. The lowest BCUT2D eigenvalue weighted by Gasteiger charge is -2.12. The van der Waals surface area contributed by atoms with Gasteiger partial charge in [-0.15, -0.1) is 24.0 Å². The summed E-state index contributed by atoms with van der Waals surface area (Å²) in [5, 5.41) is 6.61. The van der Waals surface area contributed by atoms with Gasteiger partial charge >= 0.3 is 0 Å². The first-order chi connectivity index (χ1) is 9.81. The third-order valence-electron chi connectivity index (χ3n) is 2.79. The lowest BCUT2D eigenvalue weighted by atomic mass is 10.1. The Hall–Kier alpha value is -0.630. The number of hydrogen-bond donors (Lipinski definition) is 2. The van der Waals surface area contributed by atoms with Gasteiger partial charge in [-0.1, -0.05) is 18.2 Å². The van der Waals surface area contributed by atoms with E-state index in [1.165, 1.54) is 5.56 Å². The lowest BCUT2D eigenvalue weighted by Crippen LogP contribution is -2.38. The number of nitrogens with zero attached hydrogens (tertiary/aromatic N) is 1. The molecule has 1 rings (SSSR count). The van der Waals surface area contributed by atoms with Crippen molar-refractivity contribution >= 4 is 41.7 Å². The van der Waals surface area contributed by atoms with Crippen LogP contribution in [0.15, 0.2) is 29.3 Å². The van der Waals surface area contributed by atoms with Crippen LogP contribution in [-0.2, 0) is 6.42 Å². The van der Waals surface area contributed by atoms with Gasteiger partial charge in [-0.3, -0.25) is 4.99 Å². The number of nitrogens with one attached hydrogen (secondary N) is 2. The highest BCUT2D eigenvalue weighted by Gasteiger charge is 2.02. The van der Waals surface area contributed by atoms with Crippen molar-refractivity contribution < 1.29 is 4.74 Å². The topological polar surface area (TPSA) is 45.7 Å². The number of benzene rings is 1. The summed E-state index contributed by atoms with van der Waals surface area (Å²) in [6.07, 6.45) is 3.01. The number of aliphatic imine (C=N–C) groups is 1. The van der Waals surface area contributed by atoms with Crippen molar-refractivity contribution in [2.24, 2.45) is 4.99 Å². The minimum Gasteiger partial charge on any atom is -0.496 e. The van der Waals surface area contributed by atoms with Crippen LogP contribution in [0, 0.1) is 0 Å². The van der Waals surface area contributed by atoms with Crippen molar-refractivity contribution in [2.45, 2.75) is 13.3 Å². The monoisotopic (exact) mass is 423 g/mol. The molecule has 1 aromatic carbocycles. The van der Waals surface area contributed by atoms with Crippen LogP contribution in [0.2, 0.25) is 0 Å². The van der Waals surface area contributed by atoms with E-state index in [0.717, 1.165) is 43.5 Å². The van der Waals surface area contributed by atoms with Gasteiger partial charge in [0.05, 0.1) is 13.7 Å². The summed E-state index contributed by atoms with van der Waals surface area (Å²) >= 11 is 1.81. The highest BCUT2D eigenvalue weighted by atomic mass is 127. The van der Waals surface area contributed by atoms with Crippen molar-refractivity contribution in [3.8, 4) is 5.75 Å². The molecule has 0 aromatic heterocycles. The Morgan fingerprint density at radius 3 is 2.71 bits per heavy atom. The van der Waals surface area contributed by atoms with Crippen LogP contribution in [0.25, 0.3) is 0 Å². The third kappa shape index (κ3) is 8.40. The van der Waals surface area contributed by atoms with Gasteiger partial charge in [0.25, 0.3) is 0 Å². The molecule has 0 spiro atoms. The summed E-state index contributed by atoms with van der Waals surface area (Å²) in [5.74, 6) is 2.87. The molecular weight excluding hydrogens is 397 g/mol. The van der Waals surface area contributed by atoms with Crippen LogP contribution in [0.3, 0.4) is 0 Å². The van der Waals surface area contributed by atoms with E-state index >= 15 is 0 Å². The average molecular weight is 423 g/mol. The Labute approximate surface area is 149 Å². The summed E-state index contributed by atoms with van der Waals surface area (Å²) < 4.78 is 5.35. The number of para-hydroxylation sites is 1. The Morgan fingerprint density at radius 2 is 2.05 bits per heavy atom. The van der Waals surface area contributed by atoms with Crippen LogP contribution in [-0.4, -0.2) is 44.7 Å². The molecule has 0 saturated carbocycles. The Morgan fingerprint density at radius 1 is 1.29 bits per heavy atom. The molecule has 120 valence electrons. The number of guanidine groups is 1. The summed E-state index contributed by atoms with van der Waals surface area (Å²) in [7, 11) is 1.71. The van der Waals surface area contributed by atoms with E-state index < -0.39 is 0 Å². The van der Waals surface area contributed by atoms with Gasteiger partial charge in [-0.25, -0.2) is 0 Å². The number of rotatable bonds is 8. The first-order valence-corrected chi connectivity index (χ1v) is 8.34. The Kier molecular flexibility index (Phi) is 12.7. The number of ether oxygens (including phenoxy) is 1. The molecule has 0 atom stereocenters. The fraction of sp³-hybridized carbons (Fsp3) is 0.533. The van der Waals surface area contributed by atoms with Gasteiger partial charge in [0.1, 0.15) is 5.75 Å². The Bertz CT molecular complexity index is 416. The number of thioether (sulfide) groups is 1. The quantitative estimate of drug-likeness (QED) is 0.292. The molecule has 0 aliphatic heterocycles. The van der Waals surface area contributed by atoms with Crippen molar-refractivity contribution in [2.75, 3.05) is 38.8 Å². The lowest BCUT2D eigenvalue weighted by molar-refractivity contribution is 0.409. The van der Waals surface area contributed by atoms with Gasteiger partial charge in [-0.2, -0.15) is 11.8 Å². The highest BCUT2D eigenvalue weighted by molar-refractivity contribution is 14.0. The molecule has 2 N–H and O–H groups in total. The zero-order valence-corrected chi connectivity index (χ0v) is 16.2. The second-order valence-electron chi connectivity index (χ2n) is 4.24. The highest BCUT2D eigenvalue weighted by Crippen LogP contribution is 2.17. The van der Waals surface area contributed by atoms with E-state index in [0.29, 0.717) is 0 Å². The first kappa shape index (κ1) is 20.4. The van der Waals surface area contributed by atoms with E-state index in [1.54, 1.807) is 7.11 Å². The van der Waals surface area contributed by atoms with Crippen LogP contribution in [0.5, 0.6) is 5.75 Å². The standard InChI is InChI=1S/C15H25N3OS.HI/c1-4-16-15(18-11-12-20-3)17-10-9-13-7-5-6-8-14(13)19-2;/h5-8H,4,9-12H2,1-3H3,(H2,16,17,18);1H. The molecule has 0 radical (unpaired) electrons. The molecule has 6 heteroatoms. The Balaban J connectivity index is 0.00000400. The van der Waals surface area contributed by atoms with Gasteiger partial charge in [0.15, 0.2) is 5.96 Å². The second-order valence-corrected chi connectivity index (χ2v) is 5.23. The largest absolute Gasteiger partial charge is 0.496 e. The molecule has 21 heavy (non-hydrogen) atoms. The second kappa shape index (κ2) is 13.1. The van der Waals surface area contributed by atoms with Crippen LogP contribution in [0.1, 0.15) is 12.5 Å². The summed E-state index contributed by atoms with van der Waals surface area (Å²) in [6, 6.07) is 8.12. The number of methoxy groups -OCH3 is 1. The van der Waals surface area contributed by atoms with E-state index in [-0.39, 0.29) is 24.0 Å². The predicted octanol–water partition coefficient (Wildman–Crippen LogP) is 2.77. The molecule has 0 saturated heterocycles. The zero-order valence-electron chi connectivity index (χ0n) is 13.0. The fourth-order valence-electron chi connectivity index (χ4n) is 1.82. The normalized spacial score (nSPS) is 10.7. The third-order valence-corrected chi connectivity index (χ3v) is 3.38. The van der Waals surface area contributed by atoms with Gasteiger partial charge < -0.3 is 15.4 Å². The minimum atomic E-state index is 0. The molecule has 0 heterocycles. The number of hydrogen-bond acceptors (Lipinski definition) is 3. The van der Waals surface area contributed by atoms with Crippen LogP contribution < -0.4 is 15.4 Å². The summed E-state index contributed by atoms with van der Waals surface area (Å²) in [4.78, 5) is 4.52. The van der Waals surface area contributed by atoms with E-state index in [9.17, 15) is 0 Å². The SMILES string of the molecule is CCNC(=NCCSC)NCCc1ccccc1OC.I. The van der Waals surface area contributed by atoms with Crippen LogP contribution >= 0.6 is 35.7 Å². The van der Waals surface area contributed by atoms with E-state index in [4.69, 9.17) is 4.74 Å². The van der Waals surface area contributed by atoms with Crippen molar-refractivity contribution in [3.05, 3.63) is 29.8 Å². The van der Waals surface area contributed by atoms with E-state index in [1.807, 2.05) is 30.0 Å². The van der Waals surface area contributed by atoms with Gasteiger partial charge in [0, 0.05) is 18.8 Å². The maximum atomic E-state index is 5.35. The molecule has 0 bridgehead atoms. The molecule has 4 nitrogen and oxygen atoms in total. The number of halogens is 1. The summed E-state index contributed by atoms with van der Waals surface area (Å²) in [6.45, 7) is 4.63. The average Bonchev–Trinajstić information content (AvgIpc) is 2.48. The van der Waals surface area contributed by atoms with Gasteiger partial charge in [0.2, 0.25) is 0 Å². The predicted molar refractivity (Wildman–Crippen MR) is 104 cm³/mol. The van der Waals surface area contributed by atoms with Crippen molar-refractivity contribution in [3.63, 3.8) is 0 Å². The maximum absolute atomic E-state index is 5.35. The smallest absolute Gasteiger partial charge is 0.191 e. The van der Waals surface area contributed by atoms with Crippen molar-refractivity contribution in [1.82, 2.24) is 10.6 Å². The molecule has 0 aliphatic carbocycles. The maximum Gasteiger partial charge on any atom is 0.191 e. The molecule has 0 unspecified atom stereocenters. The molecule has 0 amide bonds. The molecular formula is C15H26IN3OS.